The molecular weight excluding hydrogens is 176 g/mol. The third-order valence-corrected chi connectivity index (χ3v) is 2.24. The number of ether oxygens (including phenoxy) is 1. The zero-order valence-corrected chi connectivity index (χ0v) is 7.67. The van der Waals surface area contributed by atoms with Gasteiger partial charge in [0.1, 0.15) is 11.1 Å². The first-order chi connectivity index (χ1) is 5.77. The van der Waals surface area contributed by atoms with Crippen LogP contribution in [0.5, 0.6) is 0 Å². The molecule has 12 heavy (non-hydrogen) atoms. The molecule has 4 nitrogen and oxygen atoms in total. The van der Waals surface area contributed by atoms with E-state index >= 15 is 0 Å². The second-order valence-corrected chi connectivity index (χ2v) is 3.29. The maximum absolute atomic E-state index is 9.29. The monoisotopic (exact) mass is 188 g/mol. The second-order valence-electron chi connectivity index (χ2n) is 2.35. The van der Waals surface area contributed by atoms with Crippen LogP contribution in [0.2, 0.25) is 0 Å². The fourth-order valence-corrected chi connectivity index (χ4v) is 1.60. The van der Waals surface area contributed by atoms with E-state index in [-0.39, 0.29) is 6.54 Å². The highest BCUT2D eigenvalue weighted by atomic mass is 32.1. The lowest BCUT2D eigenvalue weighted by Gasteiger charge is -2.01. The number of thiazole rings is 1. The van der Waals surface area contributed by atoms with Crippen LogP contribution in [0, 0.1) is 0 Å². The fraction of sp³-hybridized carbons (Fsp3) is 0.571. The highest BCUT2D eigenvalue weighted by Crippen LogP contribution is 2.16. The van der Waals surface area contributed by atoms with Crippen LogP contribution < -0.4 is 5.73 Å². The van der Waals surface area contributed by atoms with Gasteiger partial charge in [-0.15, -0.1) is 11.3 Å². The third-order valence-electron chi connectivity index (χ3n) is 1.40. The van der Waals surface area contributed by atoms with Gasteiger partial charge in [0.05, 0.1) is 12.3 Å². The molecule has 0 aliphatic carbocycles. The number of aliphatic hydroxyl groups excluding tert-OH is 1. The van der Waals surface area contributed by atoms with E-state index in [4.69, 9.17) is 10.5 Å². The average molecular weight is 188 g/mol. The van der Waals surface area contributed by atoms with Gasteiger partial charge in [-0.05, 0) is 0 Å². The van der Waals surface area contributed by atoms with Crippen molar-refractivity contribution in [3.63, 3.8) is 0 Å². The molecule has 0 fully saturated rings. The molecule has 5 heteroatoms. The number of methoxy groups -OCH3 is 1. The first-order valence-corrected chi connectivity index (χ1v) is 4.47. The average Bonchev–Trinajstić information content (AvgIpc) is 2.52. The molecule has 1 aromatic heterocycles. The van der Waals surface area contributed by atoms with Crippen molar-refractivity contribution in [2.24, 2.45) is 5.73 Å². The van der Waals surface area contributed by atoms with E-state index in [0.717, 1.165) is 5.01 Å². The van der Waals surface area contributed by atoms with Crippen molar-refractivity contribution in [2.75, 3.05) is 13.7 Å². The Morgan fingerprint density at radius 3 is 3.17 bits per heavy atom. The molecule has 0 spiro atoms. The summed E-state index contributed by atoms with van der Waals surface area (Å²) in [6, 6.07) is 0. The lowest BCUT2D eigenvalue weighted by molar-refractivity contribution is 0.175. The van der Waals surface area contributed by atoms with Crippen LogP contribution in [0.15, 0.2) is 5.38 Å². The van der Waals surface area contributed by atoms with Crippen LogP contribution in [-0.4, -0.2) is 23.7 Å². The standard InChI is InChI=1S/C7H12N2O2S/c1-11-3-7-9-5(4-12-7)6(10)2-8/h4,6,10H,2-3,8H2,1H3. The van der Waals surface area contributed by atoms with Crippen molar-refractivity contribution in [2.45, 2.75) is 12.7 Å². The first-order valence-electron chi connectivity index (χ1n) is 3.59. The summed E-state index contributed by atoms with van der Waals surface area (Å²) in [5.41, 5.74) is 5.90. The third kappa shape index (κ3) is 2.25. The summed E-state index contributed by atoms with van der Waals surface area (Å²) in [6.45, 7) is 0.693. The normalized spacial score (nSPS) is 13.2. The number of nitrogens with two attached hydrogens (primary N) is 1. The summed E-state index contributed by atoms with van der Waals surface area (Å²) in [6.07, 6.45) is -0.646. The first kappa shape index (κ1) is 9.60. The Hall–Kier alpha value is -0.490. The summed E-state index contributed by atoms with van der Waals surface area (Å²) >= 11 is 1.47. The number of hydrogen-bond acceptors (Lipinski definition) is 5. The lowest BCUT2D eigenvalue weighted by Crippen LogP contribution is -2.11. The van der Waals surface area contributed by atoms with Crippen molar-refractivity contribution >= 4 is 11.3 Å². The smallest absolute Gasteiger partial charge is 0.119 e. The van der Waals surface area contributed by atoms with Crippen LogP contribution in [0.3, 0.4) is 0 Å². The number of aliphatic hydroxyl groups is 1. The van der Waals surface area contributed by atoms with E-state index < -0.39 is 6.10 Å². The van der Waals surface area contributed by atoms with Gasteiger partial charge >= 0.3 is 0 Å². The Bertz CT molecular complexity index is 239. The Balaban J connectivity index is 2.63. The van der Waals surface area contributed by atoms with Crippen LogP contribution in [0.1, 0.15) is 16.8 Å². The highest BCUT2D eigenvalue weighted by Gasteiger charge is 2.09. The molecule has 0 bridgehead atoms. The maximum Gasteiger partial charge on any atom is 0.119 e. The molecule has 1 heterocycles. The molecule has 1 rings (SSSR count). The van der Waals surface area contributed by atoms with Crippen molar-refractivity contribution in [3.8, 4) is 0 Å². The van der Waals surface area contributed by atoms with E-state index in [0.29, 0.717) is 12.3 Å². The molecule has 0 aliphatic heterocycles. The van der Waals surface area contributed by atoms with Gasteiger partial charge in [-0.1, -0.05) is 0 Å². The molecule has 1 unspecified atom stereocenters. The summed E-state index contributed by atoms with van der Waals surface area (Å²) < 4.78 is 4.89. The molecular formula is C7H12N2O2S. The van der Waals surface area contributed by atoms with Crippen molar-refractivity contribution < 1.29 is 9.84 Å². The Kier molecular flexibility index (Phi) is 3.61. The lowest BCUT2D eigenvalue weighted by atomic mass is 10.3. The predicted molar refractivity (Wildman–Crippen MR) is 46.8 cm³/mol. The van der Waals surface area contributed by atoms with Gasteiger partial charge in [-0.2, -0.15) is 0 Å². The molecule has 0 saturated heterocycles. The highest BCUT2D eigenvalue weighted by molar-refractivity contribution is 7.09. The van der Waals surface area contributed by atoms with Crippen molar-refractivity contribution in [1.82, 2.24) is 4.98 Å². The minimum Gasteiger partial charge on any atom is -0.385 e. The molecule has 1 aromatic rings. The fourth-order valence-electron chi connectivity index (χ4n) is 0.789. The van der Waals surface area contributed by atoms with Gasteiger partial charge in [0, 0.05) is 19.0 Å². The van der Waals surface area contributed by atoms with Gasteiger partial charge in [-0.25, -0.2) is 4.98 Å². The maximum atomic E-state index is 9.29. The minimum atomic E-state index is -0.646. The van der Waals surface area contributed by atoms with E-state index in [9.17, 15) is 5.11 Å². The summed E-state index contributed by atoms with van der Waals surface area (Å²) in [5.74, 6) is 0. The van der Waals surface area contributed by atoms with E-state index in [1.807, 2.05) is 0 Å². The number of rotatable bonds is 4. The number of aromatic nitrogens is 1. The molecule has 0 radical (unpaired) electrons. The van der Waals surface area contributed by atoms with E-state index in [2.05, 4.69) is 4.98 Å². The summed E-state index contributed by atoms with van der Waals surface area (Å²) in [4.78, 5) is 4.13. The van der Waals surface area contributed by atoms with Crippen molar-refractivity contribution in [3.05, 3.63) is 16.1 Å². The molecule has 0 saturated carbocycles. The summed E-state index contributed by atoms with van der Waals surface area (Å²) in [7, 11) is 1.61. The van der Waals surface area contributed by atoms with E-state index in [1.165, 1.54) is 11.3 Å². The van der Waals surface area contributed by atoms with Gasteiger partial charge in [0.15, 0.2) is 0 Å². The number of nitrogens with zero attached hydrogens (tertiary/aromatic N) is 1. The van der Waals surface area contributed by atoms with Crippen LogP contribution >= 0.6 is 11.3 Å². The zero-order valence-electron chi connectivity index (χ0n) is 6.86. The van der Waals surface area contributed by atoms with Crippen LogP contribution in [0.4, 0.5) is 0 Å². The van der Waals surface area contributed by atoms with Gasteiger partial charge in [-0.3, -0.25) is 0 Å². The predicted octanol–water partition coefficient (Wildman–Crippen LogP) is 0.282. The SMILES string of the molecule is COCc1nc(C(O)CN)cs1. The Morgan fingerprint density at radius 2 is 2.58 bits per heavy atom. The molecule has 0 aliphatic rings. The molecule has 3 N–H and O–H groups in total. The molecule has 0 amide bonds. The minimum absolute atomic E-state index is 0.205. The van der Waals surface area contributed by atoms with Crippen molar-refractivity contribution in [1.29, 1.82) is 0 Å². The van der Waals surface area contributed by atoms with Gasteiger partial charge < -0.3 is 15.6 Å². The quantitative estimate of drug-likeness (QED) is 0.712. The van der Waals surface area contributed by atoms with Gasteiger partial charge in [0.2, 0.25) is 0 Å². The molecule has 68 valence electrons. The zero-order chi connectivity index (χ0) is 8.97. The topological polar surface area (TPSA) is 68.4 Å². The Labute approximate surface area is 75.0 Å². The second kappa shape index (κ2) is 4.51. The largest absolute Gasteiger partial charge is 0.385 e. The number of hydrogen-bond donors (Lipinski definition) is 2. The Morgan fingerprint density at radius 1 is 1.83 bits per heavy atom. The van der Waals surface area contributed by atoms with Crippen LogP contribution in [-0.2, 0) is 11.3 Å². The van der Waals surface area contributed by atoms with Gasteiger partial charge in [0.25, 0.3) is 0 Å². The molecule has 1 atom stereocenters. The summed E-state index contributed by atoms with van der Waals surface area (Å²) in [5, 5.41) is 11.9. The van der Waals surface area contributed by atoms with Crippen LogP contribution in [0.25, 0.3) is 0 Å². The molecule has 0 aromatic carbocycles. The van der Waals surface area contributed by atoms with E-state index in [1.54, 1.807) is 12.5 Å².